The number of anilines is 5. The minimum absolute atomic E-state index is 0.205. The first-order chi connectivity index (χ1) is 16.4. The van der Waals surface area contributed by atoms with Gasteiger partial charge in [0.2, 0.25) is 5.95 Å². The van der Waals surface area contributed by atoms with Gasteiger partial charge in [-0.25, -0.2) is 10.5 Å². The van der Waals surface area contributed by atoms with Gasteiger partial charge in [0.15, 0.2) is 0 Å². The van der Waals surface area contributed by atoms with Crippen molar-refractivity contribution in [2.24, 2.45) is 0 Å². The minimum atomic E-state index is -0.469. The smallest absolute Gasteiger partial charge is 0.276 e. The molecule has 0 unspecified atom stereocenters. The van der Waals surface area contributed by atoms with E-state index in [1.807, 2.05) is 12.1 Å². The maximum Gasteiger partial charge on any atom is 0.276 e. The first-order valence-electron chi connectivity index (χ1n) is 11.0. The van der Waals surface area contributed by atoms with E-state index in [0.29, 0.717) is 21.9 Å². The summed E-state index contributed by atoms with van der Waals surface area (Å²) in [4.78, 5) is 30.7. The van der Waals surface area contributed by atoms with Gasteiger partial charge >= 0.3 is 0 Å². The number of rotatable bonds is 7. The summed E-state index contributed by atoms with van der Waals surface area (Å²) < 4.78 is 8.45. The van der Waals surface area contributed by atoms with Gasteiger partial charge in [-0.2, -0.15) is 4.98 Å². The largest absolute Gasteiger partial charge is 0.369 e. The number of carbonyl (C=O) groups excluding carboxylic acids is 1. The predicted octanol–water partition coefficient (Wildman–Crippen LogP) is 3.77. The number of nitrogens with one attached hydrogen (secondary N) is 3. The Kier molecular flexibility index (Phi) is 6.95. The van der Waals surface area contributed by atoms with Crippen molar-refractivity contribution in [1.82, 2.24) is 20.3 Å². The van der Waals surface area contributed by atoms with Crippen LogP contribution in [0.5, 0.6) is 0 Å². The van der Waals surface area contributed by atoms with E-state index in [2.05, 4.69) is 71.0 Å². The number of para-hydroxylation sites is 1. The Hall–Kier alpha value is -3.21. The van der Waals surface area contributed by atoms with Crippen LogP contribution in [0.1, 0.15) is 11.7 Å². The first kappa shape index (κ1) is 21.6. The molecule has 0 aliphatic carbocycles. The quantitative estimate of drug-likeness (QED) is 0.411. The molecule has 1 aromatic heterocycles. The van der Waals surface area contributed by atoms with Crippen molar-refractivity contribution in [2.45, 2.75) is 0 Å². The molecule has 1 aliphatic heterocycles. The van der Waals surface area contributed by atoms with Crippen LogP contribution in [-0.2, 0) is 4.84 Å². The van der Waals surface area contributed by atoms with Gasteiger partial charge in [0, 0.05) is 43.8 Å². The molecule has 2 heterocycles. The van der Waals surface area contributed by atoms with Crippen molar-refractivity contribution in [3.63, 3.8) is 0 Å². The van der Waals surface area contributed by atoms with Crippen molar-refractivity contribution in [2.75, 3.05) is 55.9 Å². The molecule has 10 heteroatoms. The maximum absolute atomic E-state index is 12.3. The van der Waals surface area contributed by atoms with Crippen LogP contribution in [0.25, 0.3) is 0 Å². The normalized spacial score (nSPS) is 14.5. The lowest BCUT2D eigenvalue weighted by Crippen LogP contribution is -2.44. The van der Waals surface area contributed by atoms with E-state index in [0.717, 1.165) is 31.9 Å². The third kappa shape index (κ3) is 5.78. The highest BCUT2D eigenvalue weighted by atomic mass is 79.9. The number of carbonyl (C=O) groups is 1. The molecule has 1 fully saturated rings. The molecule has 0 spiro atoms. The molecule has 0 atom stereocenters. The Labute approximate surface area is 202 Å². The first-order valence-corrected chi connectivity index (χ1v) is 11.3. The molecule has 0 radical (unpaired) electrons. The van der Waals surface area contributed by atoms with Gasteiger partial charge in [0.25, 0.3) is 5.91 Å². The number of piperazine rings is 1. The van der Waals surface area contributed by atoms with Crippen LogP contribution in [0.15, 0.2) is 59.2 Å². The summed E-state index contributed by atoms with van der Waals surface area (Å²) in [6.07, 6.45) is 1.63. The van der Waals surface area contributed by atoms with E-state index >= 15 is 0 Å². The summed E-state index contributed by atoms with van der Waals surface area (Å²) in [5.41, 5.74) is 5.07. The zero-order valence-electron chi connectivity index (χ0n) is 19.4. The molecular weight excluding hydrogens is 486 g/mol. The highest BCUT2D eigenvalue weighted by molar-refractivity contribution is 9.10. The highest BCUT2D eigenvalue weighted by Gasteiger charge is 2.15. The Morgan fingerprint density at radius 1 is 1.12 bits per heavy atom. The van der Waals surface area contributed by atoms with E-state index in [4.69, 9.17) is 6.21 Å². The zero-order valence-corrected chi connectivity index (χ0v) is 20.0. The Balaban J connectivity index is 1.49. The van der Waals surface area contributed by atoms with Crippen LogP contribution in [0, 0.1) is 0 Å². The third-order valence-corrected chi connectivity index (χ3v) is 5.87. The summed E-state index contributed by atoms with van der Waals surface area (Å²) in [5, 5.41) is 6.36. The topological polar surface area (TPSA) is 94.7 Å². The average Bonchev–Trinajstić information content (AvgIpc) is 2.83. The second-order valence-electron chi connectivity index (χ2n) is 7.58. The summed E-state index contributed by atoms with van der Waals surface area (Å²) in [6.45, 7) is 4.14. The lowest BCUT2D eigenvalue weighted by atomic mass is 10.1. The van der Waals surface area contributed by atoms with Gasteiger partial charge in [-0.15, -0.1) is 0 Å². The zero-order chi connectivity index (χ0) is 24.1. The lowest BCUT2D eigenvalue weighted by Gasteiger charge is -2.34. The molecular formula is C23H26BrN7O2. The SMILES string of the molecule is [2H]c1ccc(Nc2nc(Nc3ccc(N4CCN(C)CC4)cc3)ncc2Br)c(C(=O)NOC)c1. The summed E-state index contributed by atoms with van der Waals surface area (Å²) in [6, 6.07) is 13.1. The van der Waals surface area contributed by atoms with Crippen LogP contribution in [0.3, 0.4) is 0 Å². The Morgan fingerprint density at radius 2 is 1.88 bits per heavy atom. The van der Waals surface area contributed by atoms with E-state index < -0.39 is 5.91 Å². The second kappa shape index (κ2) is 10.6. The molecule has 172 valence electrons. The molecule has 3 N–H and O–H groups in total. The molecule has 1 amide bonds. The summed E-state index contributed by atoms with van der Waals surface area (Å²) in [5.74, 6) is 0.400. The van der Waals surface area contributed by atoms with Gasteiger partial charge in [-0.3, -0.25) is 9.63 Å². The summed E-state index contributed by atoms with van der Waals surface area (Å²) >= 11 is 3.45. The van der Waals surface area contributed by atoms with E-state index in [1.54, 1.807) is 18.3 Å². The predicted molar refractivity (Wildman–Crippen MR) is 133 cm³/mol. The van der Waals surface area contributed by atoms with Gasteiger partial charge in [0.1, 0.15) is 5.82 Å². The molecule has 0 bridgehead atoms. The number of nitrogens with zero attached hydrogens (tertiary/aromatic N) is 4. The lowest BCUT2D eigenvalue weighted by molar-refractivity contribution is 0.0538. The molecule has 1 saturated heterocycles. The molecule has 4 rings (SSSR count). The Bertz CT molecular complexity index is 1150. The number of hydroxylamine groups is 1. The molecule has 3 aromatic rings. The number of benzene rings is 2. The number of aromatic nitrogens is 2. The minimum Gasteiger partial charge on any atom is -0.369 e. The van der Waals surface area contributed by atoms with Crippen molar-refractivity contribution in [1.29, 1.82) is 0 Å². The van der Waals surface area contributed by atoms with E-state index in [9.17, 15) is 4.79 Å². The van der Waals surface area contributed by atoms with Crippen LogP contribution >= 0.6 is 15.9 Å². The highest BCUT2D eigenvalue weighted by Crippen LogP contribution is 2.27. The number of hydrogen-bond donors (Lipinski definition) is 3. The monoisotopic (exact) mass is 512 g/mol. The van der Waals surface area contributed by atoms with Gasteiger partial charge < -0.3 is 20.4 Å². The van der Waals surface area contributed by atoms with Gasteiger partial charge in [-0.1, -0.05) is 12.1 Å². The van der Waals surface area contributed by atoms with Crippen LogP contribution < -0.4 is 21.0 Å². The molecule has 33 heavy (non-hydrogen) atoms. The average molecular weight is 513 g/mol. The number of halogens is 1. The van der Waals surface area contributed by atoms with Crippen molar-refractivity contribution < 1.29 is 11.0 Å². The molecule has 0 saturated carbocycles. The Morgan fingerprint density at radius 3 is 2.61 bits per heavy atom. The fourth-order valence-electron chi connectivity index (χ4n) is 3.47. The fourth-order valence-corrected chi connectivity index (χ4v) is 3.76. The van der Waals surface area contributed by atoms with Crippen molar-refractivity contribution in [3.05, 3.63) is 64.7 Å². The standard InChI is InChI=1S/C23H26BrN7O2/c1-30-11-13-31(14-12-30)17-9-7-16(8-10-17)26-23-25-15-19(24)21(28-23)27-20-6-4-3-5-18(20)22(32)29-33-2/h3-10,15H,11-14H2,1-2H3,(H,29,32)(H2,25,26,27,28)/i3D. The number of likely N-dealkylation sites (N-methyl/N-ethyl adjacent to an activating group) is 1. The van der Waals surface area contributed by atoms with Gasteiger partial charge in [0.05, 0.1) is 24.2 Å². The third-order valence-electron chi connectivity index (χ3n) is 5.29. The van der Waals surface area contributed by atoms with E-state index in [-0.39, 0.29) is 11.6 Å². The van der Waals surface area contributed by atoms with Crippen LogP contribution in [0.4, 0.5) is 28.8 Å². The summed E-state index contributed by atoms with van der Waals surface area (Å²) in [7, 11) is 3.50. The maximum atomic E-state index is 12.3. The number of amides is 1. The van der Waals surface area contributed by atoms with Gasteiger partial charge in [-0.05, 0) is 59.4 Å². The molecule has 9 nitrogen and oxygen atoms in total. The second-order valence-corrected chi connectivity index (χ2v) is 8.44. The van der Waals surface area contributed by atoms with E-state index in [1.165, 1.54) is 18.9 Å². The van der Waals surface area contributed by atoms with Crippen LogP contribution in [0.2, 0.25) is 0 Å². The van der Waals surface area contributed by atoms with Crippen molar-refractivity contribution >= 4 is 50.7 Å². The fraction of sp³-hybridized carbons (Fsp3) is 0.261. The van der Waals surface area contributed by atoms with Crippen LogP contribution in [-0.4, -0.2) is 61.1 Å². The van der Waals surface area contributed by atoms with Crippen molar-refractivity contribution in [3.8, 4) is 0 Å². The number of hydrogen-bond acceptors (Lipinski definition) is 8. The molecule has 2 aromatic carbocycles. The molecule has 1 aliphatic rings.